The Bertz CT molecular complexity index is 1650. The van der Waals surface area contributed by atoms with Crippen molar-refractivity contribution in [1.29, 1.82) is 0 Å². The van der Waals surface area contributed by atoms with Gasteiger partial charge >= 0.3 is 6.18 Å². The highest BCUT2D eigenvalue weighted by Crippen LogP contribution is 2.33. The lowest BCUT2D eigenvalue weighted by Gasteiger charge is -2.14. The molecule has 0 spiro atoms. The zero-order valence-electron chi connectivity index (χ0n) is 21.3. The molecule has 1 amide bonds. The van der Waals surface area contributed by atoms with Gasteiger partial charge in [-0.25, -0.2) is 15.0 Å². The van der Waals surface area contributed by atoms with Crippen LogP contribution >= 0.6 is 12.4 Å². The number of benzene rings is 2. The van der Waals surface area contributed by atoms with Crippen LogP contribution in [-0.2, 0) is 6.18 Å². The Morgan fingerprint density at radius 2 is 1.73 bits per heavy atom. The number of carbonyl (C=O) groups is 1. The molecule has 3 heterocycles. The van der Waals surface area contributed by atoms with E-state index >= 15 is 0 Å². The van der Waals surface area contributed by atoms with Crippen LogP contribution in [-0.4, -0.2) is 30.4 Å². The van der Waals surface area contributed by atoms with Crippen LogP contribution in [0.5, 0.6) is 0 Å². The van der Waals surface area contributed by atoms with Crippen LogP contribution in [0, 0.1) is 13.8 Å². The third kappa shape index (κ3) is 6.62. The highest BCUT2D eigenvalue weighted by atomic mass is 35.5. The number of imidazole rings is 1. The quantitative estimate of drug-likeness (QED) is 0.236. The molecule has 3 aromatic heterocycles. The van der Waals surface area contributed by atoms with E-state index in [2.05, 4.69) is 30.6 Å². The highest BCUT2D eigenvalue weighted by molar-refractivity contribution is 6.05. The molecule has 0 aliphatic heterocycles. The predicted molar refractivity (Wildman–Crippen MR) is 148 cm³/mol. The van der Waals surface area contributed by atoms with Gasteiger partial charge in [0.15, 0.2) is 0 Å². The van der Waals surface area contributed by atoms with E-state index in [1.165, 1.54) is 17.0 Å². The number of nitrogens with zero attached hydrogens (tertiary/aromatic N) is 5. The highest BCUT2D eigenvalue weighted by Gasteiger charge is 2.31. The number of pyridine rings is 1. The molecule has 12 heteroatoms. The predicted octanol–water partition coefficient (Wildman–Crippen LogP) is 6.78. The van der Waals surface area contributed by atoms with Gasteiger partial charge in [-0.15, -0.1) is 12.4 Å². The number of aryl methyl sites for hydroxylation is 2. The van der Waals surface area contributed by atoms with Gasteiger partial charge in [0.1, 0.15) is 0 Å². The molecular weight excluding hydrogens is 543 g/mol. The van der Waals surface area contributed by atoms with Crippen molar-refractivity contribution in [3.05, 3.63) is 108 Å². The van der Waals surface area contributed by atoms with Crippen LogP contribution in [0.1, 0.15) is 27.3 Å². The van der Waals surface area contributed by atoms with E-state index in [0.29, 0.717) is 23.0 Å². The first kappa shape index (κ1) is 28.2. The van der Waals surface area contributed by atoms with Crippen LogP contribution in [0.3, 0.4) is 0 Å². The monoisotopic (exact) mass is 565 g/mol. The third-order valence-corrected chi connectivity index (χ3v) is 5.76. The summed E-state index contributed by atoms with van der Waals surface area (Å²) in [5.74, 6) is -0.269. The second kappa shape index (κ2) is 11.5. The topological polar surface area (TPSA) is 97.6 Å². The molecule has 0 unspecified atom stereocenters. The van der Waals surface area contributed by atoms with Crippen molar-refractivity contribution >= 4 is 35.6 Å². The van der Waals surface area contributed by atoms with E-state index < -0.39 is 17.6 Å². The van der Waals surface area contributed by atoms with Crippen LogP contribution in [0.2, 0.25) is 0 Å². The number of hydrogen-bond donors (Lipinski definition) is 2. The fourth-order valence-corrected chi connectivity index (χ4v) is 3.83. The van der Waals surface area contributed by atoms with Gasteiger partial charge in [0, 0.05) is 52.5 Å². The Morgan fingerprint density at radius 1 is 0.900 bits per heavy atom. The number of alkyl halides is 3. The molecule has 40 heavy (non-hydrogen) atoms. The van der Waals surface area contributed by atoms with Gasteiger partial charge < -0.3 is 15.2 Å². The van der Waals surface area contributed by atoms with Gasteiger partial charge in [-0.1, -0.05) is 6.07 Å². The minimum absolute atomic E-state index is 0. The number of amides is 1. The van der Waals surface area contributed by atoms with Crippen LogP contribution in [0.15, 0.2) is 85.6 Å². The number of rotatable bonds is 6. The standard InChI is InChI=1S/C28H22F3N7O.ClH/c1-17-6-7-20(14-33-17)25-8-9-32-27(37-25)36-22-5-3-4-19(10-22)26(39)35-23-11-21(28(29,30)31)12-24(13-23)38-15-18(2)34-16-38;/h3-16H,1-2H3,(H,35,39)(H,32,36,37);1H. The number of carbonyl (C=O) groups excluding carboxylic acids is 1. The molecule has 5 aromatic rings. The zero-order chi connectivity index (χ0) is 27.6. The number of aromatic nitrogens is 5. The summed E-state index contributed by atoms with van der Waals surface area (Å²) < 4.78 is 42.2. The van der Waals surface area contributed by atoms with Crippen LogP contribution in [0.4, 0.5) is 30.5 Å². The SMILES string of the molecule is Cc1ccc(-c2ccnc(Nc3cccc(C(=O)Nc4cc(-n5cnc(C)c5)cc(C(F)(F)F)c4)c3)n2)cn1.Cl. The molecule has 0 fully saturated rings. The van der Waals surface area contributed by atoms with E-state index in [-0.39, 0.29) is 29.3 Å². The first-order chi connectivity index (χ1) is 18.6. The summed E-state index contributed by atoms with van der Waals surface area (Å²) in [6.45, 7) is 3.63. The van der Waals surface area contributed by atoms with Crippen molar-refractivity contribution in [3.63, 3.8) is 0 Å². The lowest BCUT2D eigenvalue weighted by molar-refractivity contribution is -0.137. The molecule has 0 saturated heterocycles. The van der Waals surface area contributed by atoms with Crippen molar-refractivity contribution in [1.82, 2.24) is 24.5 Å². The van der Waals surface area contributed by atoms with Crippen molar-refractivity contribution in [2.75, 3.05) is 10.6 Å². The summed E-state index contributed by atoms with van der Waals surface area (Å²) in [4.78, 5) is 30.1. The molecule has 0 bridgehead atoms. The molecule has 5 rings (SSSR count). The van der Waals surface area contributed by atoms with Crippen molar-refractivity contribution in [2.24, 2.45) is 0 Å². The average molecular weight is 566 g/mol. The normalized spacial score (nSPS) is 11.0. The fourth-order valence-electron chi connectivity index (χ4n) is 3.83. The summed E-state index contributed by atoms with van der Waals surface area (Å²) in [6.07, 6.45) is 1.74. The van der Waals surface area contributed by atoms with Crippen LogP contribution < -0.4 is 10.6 Å². The van der Waals surface area contributed by atoms with E-state index in [0.717, 1.165) is 23.4 Å². The first-order valence-corrected chi connectivity index (χ1v) is 11.8. The molecule has 2 N–H and O–H groups in total. The lowest BCUT2D eigenvalue weighted by Crippen LogP contribution is -2.14. The minimum Gasteiger partial charge on any atom is -0.324 e. The minimum atomic E-state index is -4.60. The van der Waals surface area contributed by atoms with Crippen molar-refractivity contribution < 1.29 is 18.0 Å². The van der Waals surface area contributed by atoms with E-state index in [9.17, 15) is 18.0 Å². The molecule has 204 valence electrons. The number of anilines is 3. The number of hydrogen-bond acceptors (Lipinski definition) is 6. The van der Waals surface area contributed by atoms with Gasteiger partial charge in [-0.05, 0) is 68.4 Å². The Morgan fingerprint density at radius 3 is 2.42 bits per heavy atom. The second-order valence-electron chi connectivity index (χ2n) is 8.80. The largest absolute Gasteiger partial charge is 0.416 e. The smallest absolute Gasteiger partial charge is 0.324 e. The first-order valence-electron chi connectivity index (χ1n) is 11.8. The van der Waals surface area contributed by atoms with Crippen molar-refractivity contribution in [2.45, 2.75) is 20.0 Å². The Balaban J connectivity index is 0.00000370. The Kier molecular flexibility index (Phi) is 8.15. The number of nitrogens with one attached hydrogen (secondary N) is 2. The molecular formula is C28H23ClF3N7O. The fraction of sp³-hybridized carbons (Fsp3) is 0.107. The van der Waals surface area contributed by atoms with E-state index in [1.54, 1.807) is 55.8 Å². The van der Waals surface area contributed by atoms with Crippen molar-refractivity contribution in [3.8, 4) is 16.9 Å². The summed E-state index contributed by atoms with van der Waals surface area (Å²) in [5, 5.41) is 5.64. The Hall–Kier alpha value is -4.77. The molecule has 0 radical (unpaired) electrons. The maximum absolute atomic E-state index is 13.6. The summed E-state index contributed by atoms with van der Waals surface area (Å²) >= 11 is 0. The van der Waals surface area contributed by atoms with Gasteiger partial charge in [0.05, 0.1) is 23.3 Å². The van der Waals surface area contributed by atoms with Gasteiger partial charge in [-0.2, -0.15) is 13.2 Å². The second-order valence-corrected chi connectivity index (χ2v) is 8.80. The average Bonchev–Trinajstić information content (AvgIpc) is 3.35. The molecule has 0 atom stereocenters. The summed E-state index contributed by atoms with van der Waals surface area (Å²) in [7, 11) is 0. The summed E-state index contributed by atoms with van der Waals surface area (Å²) in [5.41, 5.74) is 3.11. The molecule has 0 aliphatic rings. The maximum atomic E-state index is 13.6. The van der Waals surface area contributed by atoms with Gasteiger partial charge in [0.2, 0.25) is 5.95 Å². The molecule has 0 saturated carbocycles. The van der Waals surface area contributed by atoms with Gasteiger partial charge in [-0.3, -0.25) is 9.78 Å². The third-order valence-electron chi connectivity index (χ3n) is 5.76. The molecule has 8 nitrogen and oxygen atoms in total. The summed E-state index contributed by atoms with van der Waals surface area (Å²) in [6, 6.07) is 15.4. The van der Waals surface area contributed by atoms with E-state index in [4.69, 9.17) is 0 Å². The van der Waals surface area contributed by atoms with Gasteiger partial charge in [0.25, 0.3) is 5.91 Å². The van der Waals surface area contributed by atoms with E-state index in [1.807, 2.05) is 19.1 Å². The zero-order valence-corrected chi connectivity index (χ0v) is 22.1. The lowest BCUT2D eigenvalue weighted by atomic mass is 10.1. The Labute approximate surface area is 233 Å². The van der Waals surface area contributed by atoms with Crippen LogP contribution in [0.25, 0.3) is 16.9 Å². The molecule has 2 aromatic carbocycles. The molecule has 0 aliphatic carbocycles. The number of halogens is 4. The maximum Gasteiger partial charge on any atom is 0.416 e.